The Balaban J connectivity index is 3.84. The number of rotatable bonds is 5. The van der Waals surface area contributed by atoms with Crippen molar-refractivity contribution in [3.8, 4) is 0 Å². The summed E-state index contributed by atoms with van der Waals surface area (Å²) in [6.07, 6.45) is 2.05. The largest absolute Gasteiger partial charge is 0.466 e. The summed E-state index contributed by atoms with van der Waals surface area (Å²) in [6.45, 7) is 11.2. The molecule has 0 saturated heterocycles. The minimum Gasteiger partial charge on any atom is -0.466 e. The maximum atomic E-state index is 11.5. The van der Waals surface area contributed by atoms with Gasteiger partial charge in [0.15, 0.2) is 0 Å². The van der Waals surface area contributed by atoms with Crippen molar-refractivity contribution in [1.82, 2.24) is 0 Å². The van der Waals surface area contributed by atoms with Crippen LogP contribution in [0.5, 0.6) is 0 Å². The van der Waals surface area contributed by atoms with Gasteiger partial charge in [-0.05, 0) is 6.42 Å². The van der Waals surface area contributed by atoms with Crippen molar-refractivity contribution in [3.63, 3.8) is 0 Å². The first kappa shape index (κ1) is 12.7. The van der Waals surface area contributed by atoms with E-state index in [0.29, 0.717) is 6.61 Å². The zero-order chi connectivity index (χ0) is 10.5. The fraction of sp³-hybridized carbons (Fsp3) is 0.900. The lowest BCUT2D eigenvalue weighted by molar-refractivity contribution is -0.143. The van der Waals surface area contributed by atoms with Crippen LogP contribution in [0, 0.1) is 0 Å². The van der Waals surface area contributed by atoms with Crippen molar-refractivity contribution in [2.75, 3.05) is 6.61 Å². The van der Waals surface area contributed by atoms with Gasteiger partial charge in [-0.15, -0.1) is 0 Å². The van der Waals surface area contributed by atoms with E-state index in [-0.39, 0.29) is 11.5 Å². The number of carbonyl (C=O) groups is 1. The van der Waals surface area contributed by atoms with Gasteiger partial charge in [-0.25, -0.2) is 0 Å². The summed E-state index contributed by atoms with van der Waals surface area (Å²) in [6, 6.07) is 0. The van der Waals surface area contributed by atoms with E-state index < -0.39 is 8.07 Å². The number of ether oxygens (including phenoxy) is 1. The Labute approximate surface area is 82.7 Å². The standard InChI is InChI=1S/C10H22O2Si/c1-6-7-8-12-10(11)9(2)13(3,4)5/h9H,6-8H2,1-5H3. The molecular weight excluding hydrogens is 180 g/mol. The van der Waals surface area contributed by atoms with Gasteiger partial charge in [-0.3, -0.25) is 4.79 Å². The lowest BCUT2D eigenvalue weighted by Crippen LogP contribution is -2.32. The molecule has 13 heavy (non-hydrogen) atoms. The van der Waals surface area contributed by atoms with Gasteiger partial charge in [0.25, 0.3) is 0 Å². The zero-order valence-electron chi connectivity index (χ0n) is 9.52. The molecule has 0 amide bonds. The average Bonchev–Trinajstić information content (AvgIpc) is 2.01. The third-order valence-corrected chi connectivity index (χ3v) is 5.23. The molecule has 2 nitrogen and oxygen atoms in total. The molecule has 78 valence electrons. The molecule has 0 heterocycles. The third-order valence-electron chi connectivity index (χ3n) is 2.39. The predicted molar refractivity (Wildman–Crippen MR) is 58.6 cm³/mol. The number of carbonyl (C=O) groups excluding carboxylic acids is 1. The van der Waals surface area contributed by atoms with Gasteiger partial charge in [-0.1, -0.05) is 39.9 Å². The van der Waals surface area contributed by atoms with E-state index in [9.17, 15) is 4.79 Å². The van der Waals surface area contributed by atoms with Crippen LogP contribution < -0.4 is 0 Å². The van der Waals surface area contributed by atoms with E-state index in [1.807, 2.05) is 6.92 Å². The molecule has 0 aromatic heterocycles. The molecule has 0 fully saturated rings. The minimum atomic E-state index is -1.36. The van der Waals surface area contributed by atoms with Crippen molar-refractivity contribution < 1.29 is 9.53 Å². The summed E-state index contributed by atoms with van der Waals surface area (Å²) in [5.41, 5.74) is 0.115. The summed E-state index contributed by atoms with van der Waals surface area (Å²) in [5.74, 6) is -0.00684. The zero-order valence-corrected chi connectivity index (χ0v) is 10.5. The Kier molecular flexibility index (Phi) is 5.29. The summed E-state index contributed by atoms with van der Waals surface area (Å²) >= 11 is 0. The monoisotopic (exact) mass is 202 g/mol. The van der Waals surface area contributed by atoms with Crippen molar-refractivity contribution in [3.05, 3.63) is 0 Å². The van der Waals surface area contributed by atoms with Crippen LogP contribution in [-0.2, 0) is 9.53 Å². The topological polar surface area (TPSA) is 26.3 Å². The van der Waals surface area contributed by atoms with E-state index in [0.717, 1.165) is 12.8 Å². The Morgan fingerprint density at radius 2 is 1.92 bits per heavy atom. The molecule has 0 spiro atoms. The smallest absolute Gasteiger partial charge is 0.305 e. The summed E-state index contributed by atoms with van der Waals surface area (Å²) in [4.78, 5) is 11.5. The maximum Gasteiger partial charge on any atom is 0.305 e. The van der Waals surface area contributed by atoms with Crippen LogP contribution in [0.2, 0.25) is 25.2 Å². The second-order valence-corrected chi connectivity index (χ2v) is 10.2. The fourth-order valence-corrected chi connectivity index (χ4v) is 1.59. The molecule has 0 N–H and O–H groups in total. The van der Waals surface area contributed by atoms with Crippen LogP contribution >= 0.6 is 0 Å². The fourth-order valence-electron chi connectivity index (χ4n) is 0.796. The summed E-state index contributed by atoms with van der Waals surface area (Å²) in [7, 11) is -1.36. The van der Waals surface area contributed by atoms with Gasteiger partial charge in [-0.2, -0.15) is 0 Å². The molecule has 0 bridgehead atoms. The van der Waals surface area contributed by atoms with Crippen LogP contribution in [0.25, 0.3) is 0 Å². The highest BCUT2D eigenvalue weighted by molar-refractivity contribution is 6.80. The van der Waals surface area contributed by atoms with E-state index in [2.05, 4.69) is 26.6 Å². The van der Waals surface area contributed by atoms with Crippen LogP contribution in [0.15, 0.2) is 0 Å². The normalized spacial score (nSPS) is 13.9. The van der Waals surface area contributed by atoms with Crippen molar-refractivity contribution >= 4 is 14.0 Å². The molecule has 0 aromatic rings. The first-order chi connectivity index (χ1) is 5.89. The van der Waals surface area contributed by atoms with Crippen molar-refractivity contribution in [1.29, 1.82) is 0 Å². The molecule has 1 atom stereocenters. The molecule has 0 saturated carbocycles. The van der Waals surface area contributed by atoms with Crippen LogP contribution in [0.4, 0.5) is 0 Å². The Morgan fingerprint density at radius 3 is 2.31 bits per heavy atom. The van der Waals surface area contributed by atoms with Gasteiger partial charge in [0.1, 0.15) is 0 Å². The first-order valence-corrected chi connectivity index (χ1v) is 8.64. The van der Waals surface area contributed by atoms with Crippen molar-refractivity contribution in [2.24, 2.45) is 0 Å². The molecule has 0 aliphatic rings. The molecule has 0 aromatic carbocycles. The average molecular weight is 202 g/mol. The van der Waals surface area contributed by atoms with E-state index in [4.69, 9.17) is 4.74 Å². The lowest BCUT2D eigenvalue weighted by Gasteiger charge is -2.23. The highest BCUT2D eigenvalue weighted by atomic mass is 28.3. The second kappa shape index (κ2) is 5.42. The predicted octanol–water partition coefficient (Wildman–Crippen LogP) is 3.06. The van der Waals surface area contributed by atoms with Crippen LogP contribution in [-0.4, -0.2) is 20.7 Å². The highest BCUT2D eigenvalue weighted by Gasteiger charge is 2.29. The second-order valence-electron chi connectivity index (χ2n) is 4.61. The van der Waals surface area contributed by atoms with Crippen LogP contribution in [0.1, 0.15) is 26.7 Å². The SMILES string of the molecule is CCCCOC(=O)C(C)[Si](C)(C)C. The molecule has 1 unspecified atom stereocenters. The molecule has 3 heteroatoms. The van der Waals surface area contributed by atoms with Gasteiger partial charge < -0.3 is 4.74 Å². The number of hydrogen-bond donors (Lipinski definition) is 0. The summed E-state index contributed by atoms with van der Waals surface area (Å²) in [5, 5.41) is 0. The minimum absolute atomic E-state index is 0.00684. The third kappa shape index (κ3) is 5.08. The van der Waals surface area contributed by atoms with Gasteiger partial charge >= 0.3 is 5.97 Å². The molecular formula is C10H22O2Si. The first-order valence-electron chi connectivity index (χ1n) is 5.06. The summed E-state index contributed by atoms with van der Waals surface area (Å²) < 4.78 is 5.17. The number of hydrogen-bond acceptors (Lipinski definition) is 2. The molecule has 0 aliphatic heterocycles. The van der Waals surface area contributed by atoms with E-state index in [1.165, 1.54) is 0 Å². The van der Waals surface area contributed by atoms with Gasteiger partial charge in [0, 0.05) is 5.54 Å². The van der Waals surface area contributed by atoms with E-state index in [1.54, 1.807) is 0 Å². The maximum absolute atomic E-state index is 11.5. The number of unbranched alkanes of at least 4 members (excludes halogenated alkanes) is 1. The van der Waals surface area contributed by atoms with Crippen LogP contribution in [0.3, 0.4) is 0 Å². The molecule has 0 rings (SSSR count). The molecule has 0 aliphatic carbocycles. The van der Waals surface area contributed by atoms with Gasteiger partial charge in [0.2, 0.25) is 0 Å². The van der Waals surface area contributed by atoms with E-state index >= 15 is 0 Å². The Hall–Kier alpha value is -0.313. The van der Waals surface area contributed by atoms with Gasteiger partial charge in [0.05, 0.1) is 14.7 Å². The number of esters is 1. The molecule has 0 radical (unpaired) electrons. The Bertz CT molecular complexity index is 161. The Morgan fingerprint density at radius 1 is 1.38 bits per heavy atom. The van der Waals surface area contributed by atoms with Crippen molar-refractivity contribution in [2.45, 2.75) is 51.9 Å². The quantitative estimate of drug-likeness (QED) is 0.389. The highest BCUT2D eigenvalue weighted by Crippen LogP contribution is 2.22. The lowest BCUT2D eigenvalue weighted by atomic mass is 10.4.